The van der Waals surface area contributed by atoms with Crippen LogP contribution >= 0.6 is 0 Å². The lowest BCUT2D eigenvalue weighted by Gasteiger charge is -2.09. The second-order valence-electron chi connectivity index (χ2n) is 4.67. The first kappa shape index (κ1) is 12.0. The molecule has 1 N–H and O–H groups in total. The molecule has 1 atom stereocenters. The summed E-state index contributed by atoms with van der Waals surface area (Å²) in [5, 5.41) is 9.29. The molecule has 0 bridgehead atoms. The maximum absolute atomic E-state index is 9.29. The lowest BCUT2D eigenvalue weighted by molar-refractivity contribution is 0.286. The van der Waals surface area contributed by atoms with E-state index in [1.165, 1.54) is 0 Å². The van der Waals surface area contributed by atoms with Gasteiger partial charge in [-0.25, -0.2) is 0 Å². The van der Waals surface area contributed by atoms with Crippen molar-refractivity contribution in [2.24, 2.45) is 0 Å². The zero-order valence-electron chi connectivity index (χ0n) is 9.62. The zero-order valence-corrected chi connectivity index (χ0v) is 10.6. The van der Waals surface area contributed by atoms with Crippen molar-refractivity contribution in [2.75, 3.05) is 6.61 Å². The van der Waals surface area contributed by atoms with E-state index in [4.69, 9.17) is 0 Å². The highest BCUT2D eigenvalue weighted by molar-refractivity contribution is 6.83. The molecule has 1 rings (SSSR count). The molecular weight excluding hydrogens is 200 g/mol. The van der Waals surface area contributed by atoms with Gasteiger partial charge in [-0.3, -0.25) is 0 Å². The van der Waals surface area contributed by atoms with E-state index in [0.29, 0.717) is 0 Å². The minimum atomic E-state index is -1.34. The summed E-state index contributed by atoms with van der Waals surface area (Å²) in [6, 6.07) is 9.96. The molecule has 0 aliphatic heterocycles. The van der Waals surface area contributed by atoms with Crippen molar-refractivity contribution in [1.29, 1.82) is 0 Å². The van der Waals surface area contributed by atoms with Crippen molar-refractivity contribution in [3.05, 3.63) is 35.9 Å². The van der Waals surface area contributed by atoms with Gasteiger partial charge in [-0.15, -0.1) is 5.54 Å². The fourth-order valence-electron chi connectivity index (χ4n) is 1.22. The number of hydrogen-bond acceptors (Lipinski definition) is 1. The normalized spacial score (nSPS) is 12.8. The molecule has 0 aliphatic carbocycles. The van der Waals surface area contributed by atoms with Crippen LogP contribution in [0.4, 0.5) is 0 Å². The van der Waals surface area contributed by atoms with E-state index in [9.17, 15) is 5.11 Å². The lowest BCUT2D eigenvalue weighted by atomic mass is 10.0. The summed E-state index contributed by atoms with van der Waals surface area (Å²) in [5.41, 5.74) is 4.40. The second-order valence-corrected chi connectivity index (χ2v) is 9.42. The fourth-order valence-corrected chi connectivity index (χ4v) is 1.83. The Kier molecular flexibility index (Phi) is 4.13. The third-order valence-electron chi connectivity index (χ3n) is 2.01. The van der Waals surface area contributed by atoms with Crippen molar-refractivity contribution < 1.29 is 5.11 Å². The Morgan fingerprint density at radius 3 is 2.27 bits per heavy atom. The quantitative estimate of drug-likeness (QED) is 0.597. The van der Waals surface area contributed by atoms with E-state index >= 15 is 0 Å². The van der Waals surface area contributed by atoms with Crippen LogP contribution in [0.15, 0.2) is 30.3 Å². The fraction of sp³-hybridized carbons (Fsp3) is 0.385. The Morgan fingerprint density at radius 1 is 1.20 bits per heavy atom. The smallest absolute Gasteiger partial charge is 0.129 e. The topological polar surface area (TPSA) is 20.2 Å². The van der Waals surface area contributed by atoms with Gasteiger partial charge in [-0.1, -0.05) is 55.9 Å². The Balaban J connectivity index is 2.85. The number of aliphatic hydroxyl groups is 1. The van der Waals surface area contributed by atoms with E-state index < -0.39 is 8.07 Å². The first-order valence-electron chi connectivity index (χ1n) is 5.21. The van der Waals surface area contributed by atoms with E-state index in [-0.39, 0.29) is 12.5 Å². The van der Waals surface area contributed by atoms with Gasteiger partial charge in [0.05, 0.1) is 12.5 Å². The maximum Gasteiger partial charge on any atom is 0.129 e. The van der Waals surface area contributed by atoms with Crippen LogP contribution in [0.3, 0.4) is 0 Å². The number of rotatable bonds is 2. The molecule has 1 nitrogen and oxygen atoms in total. The van der Waals surface area contributed by atoms with Crippen LogP contribution in [0.1, 0.15) is 11.5 Å². The summed E-state index contributed by atoms with van der Waals surface area (Å²) >= 11 is 0. The van der Waals surface area contributed by atoms with Crippen LogP contribution in [-0.2, 0) is 0 Å². The van der Waals surface area contributed by atoms with Gasteiger partial charge in [0.15, 0.2) is 0 Å². The Hall–Kier alpha value is -1.04. The van der Waals surface area contributed by atoms with E-state index in [2.05, 4.69) is 31.1 Å². The van der Waals surface area contributed by atoms with Crippen molar-refractivity contribution in [3.63, 3.8) is 0 Å². The molecule has 0 aromatic heterocycles. The average molecular weight is 218 g/mol. The van der Waals surface area contributed by atoms with Crippen molar-refractivity contribution in [1.82, 2.24) is 0 Å². The maximum atomic E-state index is 9.29. The highest BCUT2D eigenvalue weighted by Crippen LogP contribution is 2.13. The van der Waals surface area contributed by atoms with Crippen molar-refractivity contribution in [2.45, 2.75) is 25.6 Å². The second kappa shape index (κ2) is 5.15. The minimum Gasteiger partial charge on any atom is -0.395 e. The Labute approximate surface area is 93.2 Å². The van der Waals surface area contributed by atoms with Crippen LogP contribution in [-0.4, -0.2) is 19.8 Å². The van der Waals surface area contributed by atoms with Gasteiger partial charge in [-0.05, 0) is 5.56 Å². The van der Waals surface area contributed by atoms with E-state index in [1.54, 1.807) is 0 Å². The van der Waals surface area contributed by atoms with E-state index in [1.807, 2.05) is 30.3 Å². The molecule has 15 heavy (non-hydrogen) atoms. The number of aliphatic hydroxyl groups excluding tert-OH is 1. The zero-order chi connectivity index (χ0) is 11.3. The van der Waals surface area contributed by atoms with Crippen molar-refractivity contribution in [3.8, 4) is 11.5 Å². The van der Waals surface area contributed by atoms with Crippen LogP contribution in [0.5, 0.6) is 0 Å². The Morgan fingerprint density at radius 2 is 1.80 bits per heavy atom. The molecule has 0 saturated carbocycles. The summed E-state index contributed by atoms with van der Waals surface area (Å²) in [6.07, 6.45) is 0. The largest absolute Gasteiger partial charge is 0.395 e. The standard InChI is InChI=1S/C13H18OSi/c1-15(2,3)10-9-13(11-14)12-7-5-4-6-8-12/h4-8,13-14H,11H2,1-3H3. The SMILES string of the molecule is C[Si](C)(C)C#CC(CO)c1ccccc1. The Bertz CT molecular complexity index is 354. The van der Waals surface area contributed by atoms with Gasteiger partial charge < -0.3 is 5.11 Å². The van der Waals surface area contributed by atoms with Crippen LogP contribution < -0.4 is 0 Å². The summed E-state index contributed by atoms with van der Waals surface area (Å²) in [6.45, 7) is 6.72. The third-order valence-corrected chi connectivity index (χ3v) is 2.90. The van der Waals surface area contributed by atoms with Crippen LogP contribution in [0.25, 0.3) is 0 Å². The first-order valence-corrected chi connectivity index (χ1v) is 8.71. The van der Waals surface area contributed by atoms with Crippen molar-refractivity contribution >= 4 is 8.07 Å². The third kappa shape index (κ3) is 4.33. The summed E-state index contributed by atoms with van der Waals surface area (Å²) in [5.74, 6) is 3.16. The van der Waals surface area contributed by atoms with Gasteiger partial charge in [0.2, 0.25) is 0 Å². The predicted molar refractivity (Wildman–Crippen MR) is 67.4 cm³/mol. The van der Waals surface area contributed by atoms with E-state index in [0.717, 1.165) is 5.56 Å². The molecule has 1 unspecified atom stereocenters. The summed E-state index contributed by atoms with van der Waals surface area (Å²) < 4.78 is 0. The summed E-state index contributed by atoms with van der Waals surface area (Å²) in [7, 11) is -1.34. The van der Waals surface area contributed by atoms with Crippen LogP contribution in [0, 0.1) is 11.5 Å². The van der Waals surface area contributed by atoms with Gasteiger partial charge in [0, 0.05) is 0 Å². The molecule has 0 radical (unpaired) electrons. The average Bonchev–Trinajstić information content (AvgIpc) is 2.19. The molecule has 1 aromatic carbocycles. The molecule has 0 amide bonds. The molecule has 2 heteroatoms. The number of benzene rings is 1. The van der Waals surface area contributed by atoms with Gasteiger partial charge >= 0.3 is 0 Å². The monoisotopic (exact) mass is 218 g/mol. The summed E-state index contributed by atoms with van der Waals surface area (Å²) in [4.78, 5) is 0. The molecule has 0 saturated heterocycles. The van der Waals surface area contributed by atoms with Crippen LogP contribution in [0.2, 0.25) is 19.6 Å². The number of hydrogen-bond donors (Lipinski definition) is 1. The molecule has 0 spiro atoms. The highest BCUT2D eigenvalue weighted by atomic mass is 28.3. The first-order chi connectivity index (χ1) is 7.03. The molecule has 0 fully saturated rings. The highest BCUT2D eigenvalue weighted by Gasteiger charge is 2.10. The predicted octanol–water partition coefficient (Wildman–Crippen LogP) is 2.64. The molecule has 1 aromatic rings. The molecule has 80 valence electrons. The lowest BCUT2D eigenvalue weighted by Crippen LogP contribution is -2.17. The molecule has 0 heterocycles. The van der Waals surface area contributed by atoms with Gasteiger partial charge in [-0.2, -0.15) is 0 Å². The molecule has 0 aliphatic rings. The van der Waals surface area contributed by atoms with Gasteiger partial charge in [0.1, 0.15) is 8.07 Å². The van der Waals surface area contributed by atoms with Gasteiger partial charge in [0.25, 0.3) is 0 Å². The molecular formula is C13H18OSi. The minimum absolute atomic E-state index is 0.0297.